The van der Waals surface area contributed by atoms with E-state index < -0.39 is 0 Å². The Labute approximate surface area is 119 Å². The van der Waals surface area contributed by atoms with Gasteiger partial charge in [-0.2, -0.15) is 0 Å². The molecule has 0 amide bonds. The zero-order valence-electron chi connectivity index (χ0n) is 12.2. The minimum Gasteiger partial charge on any atom is -0.360 e. The molecule has 0 saturated heterocycles. The molecule has 1 unspecified atom stereocenters. The van der Waals surface area contributed by atoms with E-state index in [1.54, 1.807) is 11.3 Å². The van der Waals surface area contributed by atoms with Crippen LogP contribution in [-0.2, 0) is 0 Å². The number of aromatic nitrogens is 1. The van der Waals surface area contributed by atoms with Gasteiger partial charge in [0.25, 0.3) is 0 Å². The third-order valence-corrected chi connectivity index (χ3v) is 4.62. The second-order valence-corrected chi connectivity index (χ2v) is 6.19. The third-order valence-electron chi connectivity index (χ3n) is 3.63. The van der Waals surface area contributed by atoms with E-state index in [-0.39, 0.29) is 0 Å². The highest BCUT2D eigenvalue weighted by Gasteiger charge is 2.07. The van der Waals surface area contributed by atoms with Gasteiger partial charge in [0.15, 0.2) is 5.13 Å². The van der Waals surface area contributed by atoms with Crippen molar-refractivity contribution in [2.75, 3.05) is 25.5 Å². The molecule has 0 spiro atoms. The minimum atomic E-state index is 0.639. The standard InChI is InChI=1S/C15H23N3S/c1-5-12(3)18(4)9-8-16-15-17-13-10-11(2)6-7-14(13)19-15/h6-7,10,12H,5,8-9H2,1-4H3,(H,16,17). The molecule has 1 aromatic carbocycles. The van der Waals surface area contributed by atoms with Crippen LogP contribution in [0.3, 0.4) is 0 Å². The Bertz CT molecular complexity index is 535. The highest BCUT2D eigenvalue weighted by Crippen LogP contribution is 2.26. The SMILES string of the molecule is CCC(C)N(C)CCNc1nc2cc(C)ccc2s1. The van der Waals surface area contributed by atoms with Gasteiger partial charge in [-0.05, 0) is 45.0 Å². The number of nitrogens with one attached hydrogen (secondary N) is 1. The van der Waals surface area contributed by atoms with Crippen LogP contribution in [0, 0.1) is 6.92 Å². The number of rotatable bonds is 6. The molecule has 0 saturated carbocycles. The average Bonchev–Trinajstić information content (AvgIpc) is 2.79. The second kappa shape index (κ2) is 6.35. The average molecular weight is 277 g/mol. The topological polar surface area (TPSA) is 28.2 Å². The Morgan fingerprint density at radius 2 is 2.21 bits per heavy atom. The summed E-state index contributed by atoms with van der Waals surface area (Å²) in [5.74, 6) is 0. The first-order valence-electron chi connectivity index (χ1n) is 6.91. The number of benzene rings is 1. The van der Waals surface area contributed by atoms with Gasteiger partial charge in [-0.15, -0.1) is 0 Å². The van der Waals surface area contributed by atoms with Crippen molar-refractivity contribution >= 4 is 26.7 Å². The van der Waals surface area contributed by atoms with Crippen LogP contribution in [0.5, 0.6) is 0 Å². The summed E-state index contributed by atoms with van der Waals surface area (Å²) in [6.45, 7) is 8.58. The molecule has 1 heterocycles. The molecule has 4 heteroatoms. The molecule has 0 aliphatic heterocycles. The number of hydrogen-bond acceptors (Lipinski definition) is 4. The van der Waals surface area contributed by atoms with Gasteiger partial charge in [0.2, 0.25) is 0 Å². The lowest BCUT2D eigenvalue weighted by Gasteiger charge is -2.23. The van der Waals surface area contributed by atoms with Crippen molar-refractivity contribution in [3.05, 3.63) is 23.8 Å². The summed E-state index contributed by atoms with van der Waals surface area (Å²) >= 11 is 1.73. The zero-order valence-corrected chi connectivity index (χ0v) is 13.0. The van der Waals surface area contributed by atoms with Crippen LogP contribution in [0.2, 0.25) is 0 Å². The van der Waals surface area contributed by atoms with Crippen molar-refractivity contribution in [1.29, 1.82) is 0 Å². The van der Waals surface area contributed by atoms with Crippen molar-refractivity contribution in [2.24, 2.45) is 0 Å². The van der Waals surface area contributed by atoms with Gasteiger partial charge in [0, 0.05) is 19.1 Å². The summed E-state index contributed by atoms with van der Waals surface area (Å²) in [5, 5.41) is 4.46. The fourth-order valence-corrected chi connectivity index (χ4v) is 2.86. The molecule has 1 atom stereocenters. The normalized spacial score (nSPS) is 13.1. The predicted molar refractivity (Wildman–Crippen MR) is 85.2 cm³/mol. The largest absolute Gasteiger partial charge is 0.360 e. The summed E-state index contributed by atoms with van der Waals surface area (Å²) < 4.78 is 1.25. The lowest BCUT2D eigenvalue weighted by Crippen LogP contribution is -2.32. The predicted octanol–water partition coefficient (Wildman–Crippen LogP) is 3.75. The molecule has 2 aromatic rings. The molecule has 0 radical (unpaired) electrons. The molecular formula is C15H23N3S. The molecule has 104 valence electrons. The van der Waals surface area contributed by atoms with Gasteiger partial charge in [0.05, 0.1) is 10.2 Å². The van der Waals surface area contributed by atoms with E-state index >= 15 is 0 Å². The Morgan fingerprint density at radius 3 is 2.95 bits per heavy atom. The van der Waals surface area contributed by atoms with Crippen molar-refractivity contribution in [3.8, 4) is 0 Å². The van der Waals surface area contributed by atoms with Crippen LogP contribution in [0.15, 0.2) is 18.2 Å². The van der Waals surface area contributed by atoms with E-state index in [4.69, 9.17) is 0 Å². The van der Waals surface area contributed by atoms with E-state index in [9.17, 15) is 0 Å². The highest BCUT2D eigenvalue weighted by molar-refractivity contribution is 7.22. The molecule has 2 rings (SSSR count). The maximum absolute atomic E-state index is 4.62. The highest BCUT2D eigenvalue weighted by atomic mass is 32.1. The van der Waals surface area contributed by atoms with Crippen LogP contribution < -0.4 is 5.32 Å². The van der Waals surface area contributed by atoms with E-state index in [1.807, 2.05) is 0 Å². The minimum absolute atomic E-state index is 0.639. The first-order chi connectivity index (χ1) is 9.10. The monoisotopic (exact) mass is 277 g/mol. The fourth-order valence-electron chi connectivity index (χ4n) is 1.98. The summed E-state index contributed by atoms with van der Waals surface area (Å²) in [6.07, 6.45) is 1.19. The van der Waals surface area contributed by atoms with Gasteiger partial charge >= 0.3 is 0 Å². The Morgan fingerprint density at radius 1 is 1.42 bits per heavy atom. The van der Waals surface area contributed by atoms with Gasteiger partial charge in [-0.25, -0.2) is 4.98 Å². The number of hydrogen-bond donors (Lipinski definition) is 1. The molecule has 0 fully saturated rings. The number of fused-ring (bicyclic) bond motifs is 1. The maximum atomic E-state index is 4.62. The van der Waals surface area contributed by atoms with Gasteiger partial charge in [-0.3, -0.25) is 0 Å². The summed E-state index contributed by atoms with van der Waals surface area (Å²) in [4.78, 5) is 7.00. The number of anilines is 1. The molecule has 0 bridgehead atoms. The fraction of sp³-hybridized carbons (Fsp3) is 0.533. The van der Waals surface area contributed by atoms with Crippen LogP contribution in [0.1, 0.15) is 25.8 Å². The van der Waals surface area contributed by atoms with Crippen LogP contribution >= 0.6 is 11.3 Å². The Hall–Kier alpha value is -1.13. The van der Waals surface area contributed by atoms with E-state index in [2.05, 4.69) is 61.2 Å². The molecule has 0 aliphatic rings. The first-order valence-corrected chi connectivity index (χ1v) is 7.73. The molecule has 1 N–H and O–H groups in total. The Kier molecular flexibility index (Phi) is 4.77. The van der Waals surface area contributed by atoms with Crippen molar-refractivity contribution in [2.45, 2.75) is 33.2 Å². The van der Waals surface area contributed by atoms with E-state index in [0.717, 1.165) is 23.7 Å². The number of thiazole rings is 1. The molecule has 1 aromatic heterocycles. The third kappa shape index (κ3) is 3.67. The lowest BCUT2D eigenvalue weighted by molar-refractivity contribution is 0.261. The summed E-state index contributed by atoms with van der Waals surface area (Å²) in [7, 11) is 2.18. The Balaban J connectivity index is 1.91. The summed E-state index contributed by atoms with van der Waals surface area (Å²) in [6, 6.07) is 7.07. The molecule has 3 nitrogen and oxygen atoms in total. The van der Waals surface area contributed by atoms with Crippen LogP contribution in [-0.4, -0.2) is 36.1 Å². The smallest absolute Gasteiger partial charge is 0.183 e. The van der Waals surface area contributed by atoms with Gasteiger partial charge < -0.3 is 10.2 Å². The summed E-state index contributed by atoms with van der Waals surface area (Å²) in [5.41, 5.74) is 2.36. The number of aryl methyl sites for hydroxylation is 1. The van der Waals surface area contributed by atoms with Crippen molar-refractivity contribution in [1.82, 2.24) is 9.88 Å². The molecule has 19 heavy (non-hydrogen) atoms. The number of nitrogens with zero attached hydrogens (tertiary/aromatic N) is 2. The number of likely N-dealkylation sites (N-methyl/N-ethyl adjacent to an activating group) is 1. The quantitative estimate of drug-likeness (QED) is 0.871. The van der Waals surface area contributed by atoms with Gasteiger partial charge in [-0.1, -0.05) is 24.3 Å². The molecule has 0 aliphatic carbocycles. The lowest BCUT2D eigenvalue weighted by atomic mass is 10.2. The van der Waals surface area contributed by atoms with E-state index in [0.29, 0.717) is 6.04 Å². The van der Waals surface area contributed by atoms with E-state index in [1.165, 1.54) is 16.7 Å². The van der Waals surface area contributed by atoms with Gasteiger partial charge in [0.1, 0.15) is 0 Å². The first kappa shape index (κ1) is 14.3. The van der Waals surface area contributed by atoms with Crippen molar-refractivity contribution < 1.29 is 0 Å². The molecular weight excluding hydrogens is 254 g/mol. The zero-order chi connectivity index (χ0) is 13.8. The van der Waals surface area contributed by atoms with Crippen LogP contribution in [0.25, 0.3) is 10.2 Å². The maximum Gasteiger partial charge on any atom is 0.183 e. The second-order valence-electron chi connectivity index (χ2n) is 5.15. The van der Waals surface area contributed by atoms with Crippen molar-refractivity contribution in [3.63, 3.8) is 0 Å². The van der Waals surface area contributed by atoms with Crippen LogP contribution in [0.4, 0.5) is 5.13 Å².